The summed E-state index contributed by atoms with van der Waals surface area (Å²) in [6.45, 7) is 0.665. The molecule has 0 bridgehead atoms. The monoisotopic (exact) mass is 331 g/mol. The Hall–Kier alpha value is -2.88. The molecule has 4 rings (SSSR count). The van der Waals surface area contributed by atoms with Gasteiger partial charge in [-0.3, -0.25) is 4.79 Å². The first-order valence-corrected chi connectivity index (χ1v) is 8.74. The molecule has 1 aromatic heterocycles. The summed E-state index contributed by atoms with van der Waals surface area (Å²) < 4.78 is 0. The number of amides is 1. The number of imidazole rings is 1. The summed E-state index contributed by atoms with van der Waals surface area (Å²) in [5.41, 5.74) is 4.58. The topological polar surface area (TPSA) is 57.8 Å². The molecule has 3 aromatic rings. The van der Waals surface area contributed by atoms with E-state index in [-0.39, 0.29) is 11.8 Å². The number of carbonyl (C=O) groups is 1. The summed E-state index contributed by atoms with van der Waals surface area (Å²) in [6, 6.07) is 20.7. The first-order chi connectivity index (χ1) is 12.3. The minimum atomic E-state index is 0.105. The molecular weight excluding hydrogens is 310 g/mol. The van der Waals surface area contributed by atoms with Crippen LogP contribution in [-0.4, -0.2) is 22.4 Å². The van der Waals surface area contributed by atoms with Crippen LogP contribution in [-0.2, 0) is 17.6 Å². The van der Waals surface area contributed by atoms with Crippen molar-refractivity contribution in [3.05, 3.63) is 77.7 Å². The number of hydrogen-bond acceptors (Lipinski definition) is 2. The summed E-state index contributed by atoms with van der Waals surface area (Å²) in [5, 5.41) is 2.90. The number of aryl methyl sites for hydroxylation is 2. The molecule has 1 fully saturated rings. The minimum absolute atomic E-state index is 0.105. The lowest BCUT2D eigenvalue weighted by atomic mass is 10.0. The van der Waals surface area contributed by atoms with Crippen LogP contribution < -0.4 is 5.32 Å². The van der Waals surface area contributed by atoms with Gasteiger partial charge in [-0.1, -0.05) is 60.7 Å². The van der Waals surface area contributed by atoms with Gasteiger partial charge in [0.25, 0.3) is 0 Å². The van der Waals surface area contributed by atoms with Crippen molar-refractivity contribution < 1.29 is 4.79 Å². The van der Waals surface area contributed by atoms with E-state index in [1.54, 1.807) is 0 Å². The Morgan fingerprint density at radius 1 is 0.960 bits per heavy atom. The van der Waals surface area contributed by atoms with Crippen molar-refractivity contribution in [2.75, 3.05) is 6.54 Å². The fraction of sp³-hybridized carbons (Fsp3) is 0.238. The predicted octanol–water partition coefficient (Wildman–Crippen LogP) is 3.47. The average Bonchev–Trinajstić information content (AvgIpc) is 3.28. The van der Waals surface area contributed by atoms with E-state index in [0.29, 0.717) is 13.0 Å². The molecule has 1 aliphatic rings. The summed E-state index contributed by atoms with van der Waals surface area (Å²) in [6.07, 6.45) is 2.37. The Balaban J connectivity index is 1.63. The first-order valence-electron chi connectivity index (χ1n) is 8.74. The number of rotatable bonds is 5. The van der Waals surface area contributed by atoms with Gasteiger partial charge < -0.3 is 10.3 Å². The molecule has 2 aromatic carbocycles. The largest absolute Gasteiger partial charge is 0.355 e. The number of H-pyrrole nitrogens is 1. The number of aromatic nitrogens is 2. The third kappa shape index (κ3) is 3.48. The van der Waals surface area contributed by atoms with Crippen LogP contribution in [0.25, 0.3) is 11.3 Å². The van der Waals surface area contributed by atoms with Crippen LogP contribution in [0, 0.1) is 0 Å². The molecule has 0 unspecified atom stereocenters. The number of nitrogens with zero attached hydrogens (tertiary/aromatic N) is 1. The molecule has 0 saturated carbocycles. The van der Waals surface area contributed by atoms with Crippen LogP contribution in [0.15, 0.2) is 60.7 Å². The maximum Gasteiger partial charge on any atom is 0.220 e. The van der Waals surface area contributed by atoms with Crippen molar-refractivity contribution in [3.8, 4) is 11.3 Å². The third-order valence-corrected chi connectivity index (χ3v) is 4.71. The second-order valence-electron chi connectivity index (χ2n) is 6.51. The second-order valence-corrected chi connectivity index (χ2v) is 6.51. The van der Waals surface area contributed by atoms with Crippen LogP contribution in [0.1, 0.15) is 29.4 Å². The highest BCUT2D eigenvalue weighted by atomic mass is 16.1. The smallest absolute Gasteiger partial charge is 0.220 e. The summed E-state index contributed by atoms with van der Waals surface area (Å²) in [5.74, 6) is 1.16. The van der Waals surface area contributed by atoms with Gasteiger partial charge in [0.15, 0.2) is 0 Å². The fourth-order valence-corrected chi connectivity index (χ4v) is 3.35. The molecule has 0 spiro atoms. The van der Waals surface area contributed by atoms with E-state index in [0.717, 1.165) is 35.6 Å². The van der Waals surface area contributed by atoms with E-state index < -0.39 is 0 Å². The van der Waals surface area contributed by atoms with E-state index in [2.05, 4.69) is 46.7 Å². The molecule has 1 amide bonds. The maximum atomic E-state index is 11.5. The van der Waals surface area contributed by atoms with Crippen LogP contribution in [0.4, 0.5) is 0 Å². The van der Waals surface area contributed by atoms with Crippen LogP contribution in [0.2, 0.25) is 0 Å². The highest BCUT2D eigenvalue weighted by molar-refractivity contribution is 5.79. The van der Waals surface area contributed by atoms with Crippen molar-refractivity contribution in [3.63, 3.8) is 0 Å². The SMILES string of the molecule is O=C1C[C@@H](c2nc(-c3ccccc3)c(CCc3ccccc3)[nH]2)CN1. The van der Waals surface area contributed by atoms with Crippen LogP contribution in [0.3, 0.4) is 0 Å². The molecule has 4 heteroatoms. The molecule has 126 valence electrons. The average molecular weight is 331 g/mol. The lowest BCUT2D eigenvalue weighted by Crippen LogP contribution is -2.13. The molecule has 1 atom stereocenters. The number of hydrogen-bond donors (Lipinski definition) is 2. The van der Waals surface area contributed by atoms with E-state index in [1.165, 1.54) is 5.56 Å². The second kappa shape index (κ2) is 6.93. The fourth-order valence-electron chi connectivity index (χ4n) is 3.35. The van der Waals surface area contributed by atoms with Crippen molar-refractivity contribution in [1.82, 2.24) is 15.3 Å². The Kier molecular flexibility index (Phi) is 4.34. The van der Waals surface area contributed by atoms with Crippen molar-refractivity contribution in [1.29, 1.82) is 0 Å². The standard InChI is InChI=1S/C21H21N3O/c25-19-13-17(14-22-19)21-23-18(12-11-15-7-3-1-4-8-15)20(24-21)16-9-5-2-6-10-16/h1-10,17H,11-14H2,(H,22,25)(H,23,24)/t17-/m1/s1. The predicted molar refractivity (Wildman–Crippen MR) is 98.2 cm³/mol. The summed E-state index contributed by atoms with van der Waals surface area (Å²) in [4.78, 5) is 19.9. The van der Waals surface area contributed by atoms with E-state index in [9.17, 15) is 4.79 Å². The van der Waals surface area contributed by atoms with Crippen LogP contribution in [0.5, 0.6) is 0 Å². The first kappa shape index (κ1) is 15.6. The van der Waals surface area contributed by atoms with E-state index in [1.807, 2.05) is 24.3 Å². The van der Waals surface area contributed by atoms with Gasteiger partial charge in [-0.2, -0.15) is 0 Å². The van der Waals surface area contributed by atoms with Gasteiger partial charge in [-0.25, -0.2) is 4.98 Å². The van der Waals surface area contributed by atoms with Crippen molar-refractivity contribution >= 4 is 5.91 Å². The van der Waals surface area contributed by atoms with Crippen LogP contribution >= 0.6 is 0 Å². The Bertz CT molecular complexity index is 855. The Morgan fingerprint density at radius 3 is 2.36 bits per heavy atom. The van der Waals surface area contributed by atoms with Gasteiger partial charge >= 0.3 is 0 Å². The molecule has 0 radical (unpaired) electrons. The normalized spacial score (nSPS) is 16.8. The molecule has 1 aliphatic heterocycles. The number of aromatic amines is 1. The lowest BCUT2D eigenvalue weighted by Gasteiger charge is -2.03. The van der Waals surface area contributed by atoms with E-state index >= 15 is 0 Å². The number of benzene rings is 2. The zero-order chi connectivity index (χ0) is 17.1. The molecule has 1 saturated heterocycles. The van der Waals surface area contributed by atoms with Gasteiger partial charge in [-0.05, 0) is 18.4 Å². The summed E-state index contributed by atoms with van der Waals surface area (Å²) in [7, 11) is 0. The number of carbonyl (C=O) groups excluding carboxylic acids is 1. The zero-order valence-electron chi connectivity index (χ0n) is 14.0. The molecule has 4 nitrogen and oxygen atoms in total. The van der Waals surface area contributed by atoms with Gasteiger partial charge in [0, 0.05) is 30.1 Å². The Morgan fingerprint density at radius 2 is 1.68 bits per heavy atom. The van der Waals surface area contributed by atoms with Crippen molar-refractivity contribution in [2.45, 2.75) is 25.2 Å². The lowest BCUT2D eigenvalue weighted by molar-refractivity contribution is -0.119. The van der Waals surface area contributed by atoms with Gasteiger partial charge in [0.1, 0.15) is 5.82 Å². The highest BCUT2D eigenvalue weighted by Gasteiger charge is 2.27. The maximum absolute atomic E-state index is 11.5. The number of nitrogens with one attached hydrogen (secondary N) is 2. The van der Waals surface area contributed by atoms with Crippen molar-refractivity contribution in [2.24, 2.45) is 0 Å². The molecule has 0 aliphatic carbocycles. The quantitative estimate of drug-likeness (QED) is 0.752. The molecule has 25 heavy (non-hydrogen) atoms. The van der Waals surface area contributed by atoms with Gasteiger partial charge in [0.2, 0.25) is 5.91 Å². The van der Waals surface area contributed by atoms with E-state index in [4.69, 9.17) is 4.98 Å². The molecular formula is C21H21N3O. The Labute approximate surface area is 147 Å². The highest BCUT2D eigenvalue weighted by Crippen LogP contribution is 2.28. The zero-order valence-corrected chi connectivity index (χ0v) is 14.0. The van der Waals surface area contributed by atoms with Gasteiger partial charge in [0.05, 0.1) is 5.69 Å². The minimum Gasteiger partial charge on any atom is -0.355 e. The molecule has 2 heterocycles. The third-order valence-electron chi connectivity index (χ3n) is 4.71. The van der Waals surface area contributed by atoms with Gasteiger partial charge in [-0.15, -0.1) is 0 Å². The molecule has 2 N–H and O–H groups in total. The summed E-state index contributed by atoms with van der Waals surface area (Å²) >= 11 is 0.